The van der Waals surface area contributed by atoms with Crippen molar-refractivity contribution in [2.75, 3.05) is 11.5 Å². The SMILES string of the molecule is CC(C)(O/N=C(\C(=O)N[C@@H]1C(=O)N2C(C(=O)[O-])=C(C[n+]3cccc(CC(=O)O)c3)CS[C@@H]12)c1nsc(N)n1)C(=O)O. The number of hydrogen-bond donors (Lipinski definition) is 4. The minimum Gasteiger partial charge on any atom is -0.543 e. The fourth-order valence-corrected chi connectivity index (χ4v) is 5.66. The molecule has 0 unspecified atom stereocenters. The molecular weight excluding hydrogens is 582 g/mol. The molecule has 0 aliphatic carbocycles. The van der Waals surface area contributed by atoms with Crippen LogP contribution >= 0.6 is 23.3 Å². The van der Waals surface area contributed by atoms with E-state index in [0.717, 1.165) is 16.4 Å². The van der Waals surface area contributed by atoms with Crippen LogP contribution in [0.1, 0.15) is 25.2 Å². The molecule has 2 aliphatic heterocycles. The Morgan fingerprint density at radius 1 is 1.34 bits per heavy atom. The Kier molecular flexibility index (Phi) is 8.24. The molecule has 2 aromatic heterocycles. The first kappa shape index (κ1) is 29.4. The Hall–Kier alpha value is -4.58. The second-order valence-corrected chi connectivity index (χ2v) is 11.2. The highest BCUT2D eigenvalue weighted by Gasteiger charge is 2.53. The number of amides is 2. The van der Waals surface area contributed by atoms with E-state index in [4.69, 9.17) is 15.7 Å². The largest absolute Gasteiger partial charge is 0.543 e. The average molecular weight is 606 g/mol. The van der Waals surface area contributed by atoms with Gasteiger partial charge in [0.1, 0.15) is 11.4 Å². The maximum absolute atomic E-state index is 13.1. The molecule has 41 heavy (non-hydrogen) atoms. The Labute approximate surface area is 239 Å². The molecule has 1 fully saturated rings. The number of nitrogens with zero attached hydrogens (tertiary/aromatic N) is 5. The summed E-state index contributed by atoms with van der Waals surface area (Å²) in [5, 5.41) is 35.7. The molecule has 16 nitrogen and oxygen atoms in total. The summed E-state index contributed by atoms with van der Waals surface area (Å²) in [5.41, 5.74) is 3.78. The standard InChI is InChI=1S/C23H23N7O9S2/c1-23(2,21(37)38)39-27-13(16-26-22(24)41-28-16)17(33)25-14-18(34)30-15(20(35)36)11(9-40-19(14)30)8-29-5-3-4-10(7-29)6-12(31)32/h3-5,7,14,19H,6,8-9H2,1-2H3,(H5-,24,25,26,28,31,32,33,35,36,37,38)/b27-13-/t14-,19+/m1/s1. The van der Waals surface area contributed by atoms with Gasteiger partial charge in [0.05, 0.1) is 18.1 Å². The van der Waals surface area contributed by atoms with Crippen molar-refractivity contribution in [3.05, 3.63) is 47.2 Å². The van der Waals surface area contributed by atoms with Gasteiger partial charge in [-0.3, -0.25) is 19.3 Å². The molecule has 2 amide bonds. The molecule has 0 spiro atoms. The third kappa shape index (κ3) is 6.27. The number of carboxylic acids is 3. The van der Waals surface area contributed by atoms with Crippen molar-refractivity contribution >= 4 is 63.9 Å². The second-order valence-electron chi connectivity index (χ2n) is 9.36. The molecule has 216 valence electrons. The number of fused-ring (bicyclic) bond motifs is 1. The van der Waals surface area contributed by atoms with Gasteiger partial charge >= 0.3 is 11.9 Å². The van der Waals surface area contributed by atoms with Crippen molar-refractivity contribution < 1.29 is 48.7 Å². The van der Waals surface area contributed by atoms with Crippen molar-refractivity contribution in [3.8, 4) is 0 Å². The van der Waals surface area contributed by atoms with Crippen LogP contribution in [0.4, 0.5) is 5.13 Å². The molecule has 0 bridgehead atoms. The van der Waals surface area contributed by atoms with E-state index in [-0.39, 0.29) is 35.4 Å². The van der Waals surface area contributed by atoms with Crippen LogP contribution in [0.25, 0.3) is 0 Å². The third-order valence-corrected chi connectivity index (χ3v) is 7.81. The number of hydrogen-bond acceptors (Lipinski definition) is 13. The van der Waals surface area contributed by atoms with Crippen LogP contribution in [0, 0.1) is 0 Å². The molecule has 4 rings (SSSR count). The summed E-state index contributed by atoms with van der Waals surface area (Å²) in [6.07, 6.45) is 2.99. The van der Waals surface area contributed by atoms with Gasteiger partial charge in [-0.25, -0.2) is 9.36 Å². The molecule has 2 atom stereocenters. The lowest BCUT2D eigenvalue weighted by atomic mass is 10.0. The van der Waals surface area contributed by atoms with Crippen molar-refractivity contribution in [3.63, 3.8) is 0 Å². The van der Waals surface area contributed by atoms with E-state index in [1.54, 1.807) is 29.1 Å². The lowest BCUT2D eigenvalue weighted by molar-refractivity contribution is -0.689. The summed E-state index contributed by atoms with van der Waals surface area (Å²) in [6, 6.07) is 2.09. The van der Waals surface area contributed by atoms with E-state index >= 15 is 0 Å². The molecule has 2 aromatic rings. The summed E-state index contributed by atoms with van der Waals surface area (Å²) in [6.45, 7) is 2.46. The third-order valence-electron chi connectivity index (χ3n) is 5.92. The predicted molar refractivity (Wildman–Crippen MR) is 139 cm³/mol. The maximum Gasteiger partial charge on any atom is 0.350 e. The Bertz CT molecular complexity index is 1500. The number of rotatable bonds is 11. The van der Waals surface area contributed by atoms with Gasteiger partial charge in [0.25, 0.3) is 11.8 Å². The summed E-state index contributed by atoms with van der Waals surface area (Å²) >= 11 is 1.95. The van der Waals surface area contributed by atoms with Crippen LogP contribution in [0.15, 0.2) is 41.0 Å². The smallest absolute Gasteiger partial charge is 0.350 e. The van der Waals surface area contributed by atoms with E-state index in [9.17, 15) is 34.2 Å². The number of β-lactam (4-membered cyclic amide) rings is 1. The number of nitrogens with one attached hydrogen (secondary N) is 1. The Morgan fingerprint density at radius 2 is 2.07 bits per heavy atom. The number of pyridine rings is 1. The van der Waals surface area contributed by atoms with E-state index in [2.05, 4.69) is 19.8 Å². The van der Waals surface area contributed by atoms with Crippen LogP contribution in [-0.2, 0) is 41.8 Å². The minimum absolute atomic E-state index is 0.00522. The summed E-state index contributed by atoms with van der Waals surface area (Å²) < 4.78 is 5.50. The monoisotopic (exact) mass is 605 g/mol. The summed E-state index contributed by atoms with van der Waals surface area (Å²) in [4.78, 5) is 70.7. The zero-order valence-electron chi connectivity index (χ0n) is 21.5. The average Bonchev–Trinajstić information content (AvgIpc) is 3.32. The molecule has 0 radical (unpaired) electrons. The van der Waals surface area contributed by atoms with Gasteiger partial charge in [-0.15, -0.1) is 11.8 Å². The quantitative estimate of drug-likeness (QED) is 0.0914. The lowest BCUT2D eigenvalue weighted by Crippen LogP contribution is -2.71. The number of aromatic nitrogens is 3. The summed E-state index contributed by atoms with van der Waals surface area (Å²) in [5.74, 6) is -5.76. The van der Waals surface area contributed by atoms with Gasteiger partial charge < -0.3 is 36.0 Å². The number of carboxylic acid groups (broad SMARTS) is 3. The number of anilines is 1. The van der Waals surface area contributed by atoms with Crippen molar-refractivity contribution in [1.82, 2.24) is 19.6 Å². The van der Waals surface area contributed by atoms with Crippen molar-refractivity contribution in [2.45, 2.75) is 43.8 Å². The number of aliphatic carboxylic acids is 3. The first-order valence-electron chi connectivity index (χ1n) is 11.8. The first-order chi connectivity index (χ1) is 19.3. The predicted octanol–water partition coefficient (Wildman–Crippen LogP) is -2.28. The molecule has 1 saturated heterocycles. The Balaban J connectivity index is 1.54. The minimum atomic E-state index is -1.81. The van der Waals surface area contributed by atoms with E-state index in [1.807, 2.05) is 0 Å². The normalized spacial score (nSPS) is 18.8. The highest BCUT2D eigenvalue weighted by molar-refractivity contribution is 8.00. The zero-order chi connectivity index (χ0) is 30.1. The van der Waals surface area contributed by atoms with E-state index in [1.165, 1.54) is 25.6 Å². The molecule has 18 heteroatoms. The van der Waals surface area contributed by atoms with Crippen LogP contribution in [0.3, 0.4) is 0 Å². The summed E-state index contributed by atoms with van der Waals surface area (Å²) in [7, 11) is 0. The highest BCUT2D eigenvalue weighted by Crippen LogP contribution is 2.40. The second kappa shape index (κ2) is 11.5. The topological polar surface area (TPSA) is 241 Å². The van der Waals surface area contributed by atoms with E-state index in [0.29, 0.717) is 11.1 Å². The lowest BCUT2D eigenvalue weighted by Gasteiger charge is -2.50. The van der Waals surface area contributed by atoms with Crippen LogP contribution in [0.5, 0.6) is 0 Å². The van der Waals surface area contributed by atoms with Gasteiger partial charge in [-0.2, -0.15) is 9.36 Å². The van der Waals surface area contributed by atoms with Crippen molar-refractivity contribution in [1.29, 1.82) is 0 Å². The van der Waals surface area contributed by atoms with Gasteiger partial charge in [-0.05, 0) is 19.9 Å². The number of thioether (sulfide) groups is 1. The number of oxime groups is 1. The van der Waals surface area contributed by atoms with Crippen molar-refractivity contribution in [2.24, 2.45) is 5.16 Å². The van der Waals surface area contributed by atoms with Crippen LogP contribution in [-0.4, -0.2) is 82.7 Å². The fourth-order valence-electron chi connectivity index (χ4n) is 3.89. The van der Waals surface area contributed by atoms with Gasteiger partial charge in [-0.1, -0.05) is 5.16 Å². The highest BCUT2D eigenvalue weighted by atomic mass is 32.2. The number of carbonyl (C=O) groups excluding carboxylic acids is 3. The zero-order valence-corrected chi connectivity index (χ0v) is 23.1. The van der Waals surface area contributed by atoms with Gasteiger partial charge in [0.15, 0.2) is 24.1 Å². The first-order valence-corrected chi connectivity index (χ1v) is 13.6. The van der Waals surface area contributed by atoms with E-state index < -0.39 is 52.5 Å². The Morgan fingerprint density at radius 3 is 2.68 bits per heavy atom. The van der Waals surface area contributed by atoms with Crippen LogP contribution in [0.2, 0.25) is 0 Å². The number of nitrogen functional groups attached to an aromatic ring is 1. The van der Waals surface area contributed by atoms with Crippen LogP contribution < -0.4 is 20.7 Å². The maximum atomic E-state index is 13.1. The molecule has 0 saturated carbocycles. The van der Waals surface area contributed by atoms with Gasteiger partial charge in [0, 0.05) is 34.5 Å². The molecule has 5 N–H and O–H groups in total. The fraction of sp³-hybridized carbons (Fsp3) is 0.348. The molecule has 2 aliphatic rings. The van der Waals surface area contributed by atoms with Gasteiger partial charge in [0.2, 0.25) is 17.1 Å². The molecule has 4 heterocycles. The number of carbonyl (C=O) groups is 5. The molecule has 0 aromatic carbocycles. The molecular formula is C23H23N7O9S2. The number of nitrogens with two attached hydrogens (primary N) is 1.